The molecule has 0 bridgehead atoms. The molecule has 0 saturated heterocycles. The molecular weight excluding hydrogens is 310 g/mol. The fourth-order valence-corrected chi connectivity index (χ4v) is 3.23. The molecule has 0 aliphatic rings. The summed E-state index contributed by atoms with van der Waals surface area (Å²) < 4.78 is 10.1. The molecule has 0 aliphatic heterocycles. The number of aryl methyl sites for hydroxylation is 2. The predicted molar refractivity (Wildman–Crippen MR) is 102 cm³/mol. The van der Waals surface area contributed by atoms with Gasteiger partial charge in [0.25, 0.3) is 0 Å². The summed E-state index contributed by atoms with van der Waals surface area (Å²) in [6.45, 7) is 6.40. The molecule has 0 fully saturated rings. The summed E-state index contributed by atoms with van der Waals surface area (Å²) in [5, 5.41) is 8.61. The number of imidazole rings is 1. The highest BCUT2D eigenvalue weighted by atomic mass is 16.5. The second-order valence-electron chi connectivity index (χ2n) is 6.44. The third kappa shape index (κ3) is 3.78. The van der Waals surface area contributed by atoms with E-state index in [2.05, 4.69) is 41.2 Å². The van der Waals surface area contributed by atoms with E-state index in [1.165, 1.54) is 12.8 Å². The Morgan fingerprint density at radius 3 is 2.20 bits per heavy atom. The Hall–Kier alpha value is -2.49. The molecule has 3 aromatic rings. The second-order valence-corrected chi connectivity index (χ2v) is 6.44. The van der Waals surface area contributed by atoms with E-state index in [1.807, 2.05) is 30.3 Å². The molecular formula is C21H27N3O. The summed E-state index contributed by atoms with van der Waals surface area (Å²) >= 11 is 0. The lowest BCUT2D eigenvalue weighted by atomic mass is 10.2. The first-order valence-electron chi connectivity index (χ1n) is 9.13. The van der Waals surface area contributed by atoms with Gasteiger partial charge in [0, 0.05) is 6.54 Å². The lowest BCUT2D eigenvalue weighted by molar-refractivity contribution is 0.294. The standard InChI is InChI=1S/C21H27N3O/c1-3-4-9-14-23-18-11-6-7-12-19(18)24(21(23)22)15-16-25-20-13-8-5-10-17(20)2/h5-8,10-13,22H,3-4,9,14-16H2,1-2H3. The molecule has 132 valence electrons. The number of nitrogens with one attached hydrogen (secondary N) is 1. The Bertz CT molecular complexity index is 892. The fraction of sp³-hybridized carbons (Fsp3) is 0.381. The number of benzene rings is 2. The molecule has 0 atom stereocenters. The average molecular weight is 337 g/mol. The molecule has 4 heteroatoms. The van der Waals surface area contributed by atoms with Gasteiger partial charge in [-0.2, -0.15) is 0 Å². The van der Waals surface area contributed by atoms with Gasteiger partial charge in [-0.3, -0.25) is 5.41 Å². The average Bonchev–Trinajstić information content (AvgIpc) is 2.89. The van der Waals surface area contributed by atoms with Crippen molar-refractivity contribution in [2.75, 3.05) is 6.61 Å². The molecule has 4 nitrogen and oxygen atoms in total. The van der Waals surface area contributed by atoms with Crippen LogP contribution in [-0.4, -0.2) is 15.7 Å². The summed E-state index contributed by atoms with van der Waals surface area (Å²) in [6, 6.07) is 16.3. The highest BCUT2D eigenvalue weighted by Gasteiger charge is 2.10. The van der Waals surface area contributed by atoms with Crippen molar-refractivity contribution in [1.82, 2.24) is 9.13 Å². The Labute approximate surface area is 149 Å². The number of nitrogens with zero attached hydrogens (tertiary/aromatic N) is 2. The summed E-state index contributed by atoms with van der Waals surface area (Å²) in [6.07, 6.45) is 3.50. The molecule has 0 radical (unpaired) electrons. The van der Waals surface area contributed by atoms with E-state index in [0.717, 1.165) is 35.3 Å². The molecule has 1 aromatic heterocycles. The van der Waals surface area contributed by atoms with Crippen molar-refractivity contribution >= 4 is 11.0 Å². The van der Waals surface area contributed by atoms with E-state index in [9.17, 15) is 0 Å². The first-order valence-corrected chi connectivity index (χ1v) is 9.13. The molecule has 0 unspecified atom stereocenters. The van der Waals surface area contributed by atoms with E-state index in [4.69, 9.17) is 10.1 Å². The van der Waals surface area contributed by atoms with Gasteiger partial charge in [-0.1, -0.05) is 50.1 Å². The van der Waals surface area contributed by atoms with Gasteiger partial charge in [0.1, 0.15) is 12.4 Å². The van der Waals surface area contributed by atoms with Crippen LogP contribution in [0.25, 0.3) is 11.0 Å². The second kappa shape index (κ2) is 8.06. The van der Waals surface area contributed by atoms with Crippen LogP contribution in [0.15, 0.2) is 48.5 Å². The van der Waals surface area contributed by atoms with Gasteiger partial charge in [-0.25, -0.2) is 0 Å². The zero-order valence-corrected chi connectivity index (χ0v) is 15.2. The van der Waals surface area contributed by atoms with Crippen molar-refractivity contribution in [3.05, 3.63) is 59.7 Å². The smallest absolute Gasteiger partial charge is 0.203 e. The van der Waals surface area contributed by atoms with Gasteiger partial charge in [0.05, 0.1) is 17.6 Å². The van der Waals surface area contributed by atoms with Crippen molar-refractivity contribution in [3.63, 3.8) is 0 Å². The van der Waals surface area contributed by atoms with Crippen LogP contribution in [-0.2, 0) is 13.1 Å². The molecule has 1 heterocycles. The van der Waals surface area contributed by atoms with Crippen LogP contribution in [0.2, 0.25) is 0 Å². The first kappa shape index (κ1) is 17.3. The maximum atomic E-state index is 8.61. The van der Waals surface area contributed by atoms with Crippen LogP contribution in [0.5, 0.6) is 5.75 Å². The van der Waals surface area contributed by atoms with Gasteiger partial charge in [0.2, 0.25) is 5.62 Å². The van der Waals surface area contributed by atoms with Crippen LogP contribution in [0.4, 0.5) is 0 Å². The highest BCUT2D eigenvalue weighted by Crippen LogP contribution is 2.17. The van der Waals surface area contributed by atoms with E-state index in [-0.39, 0.29) is 0 Å². The Morgan fingerprint density at radius 1 is 0.880 bits per heavy atom. The van der Waals surface area contributed by atoms with Crippen molar-refractivity contribution < 1.29 is 4.74 Å². The largest absolute Gasteiger partial charge is 0.491 e. The zero-order valence-electron chi connectivity index (χ0n) is 15.2. The number of aromatic nitrogens is 2. The Balaban J connectivity index is 1.80. The topological polar surface area (TPSA) is 42.9 Å². The first-order chi connectivity index (χ1) is 12.2. The van der Waals surface area contributed by atoms with Crippen LogP contribution < -0.4 is 10.4 Å². The van der Waals surface area contributed by atoms with E-state index >= 15 is 0 Å². The molecule has 2 aromatic carbocycles. The lowest BCUT2D eigenvalue weighted by Crippen LogP contribution is -2.26. The van der Waals surface area contributed by atoms with Crippen LogP contribution in [0.1, 0.15) is 31.7 Å². The van der Waals surface area contributed by atoms with E-state index < -0.39 is 0 Å². The monoisotopic (exact) mass is 337 g/mol. The normalized spacial score (nSPS) is 11.1. The van der Waals surface area contributed by atoms with Gasteiger partial charge in [0.15, 0.2) is 0 Å². The van der Waals surface area contributed by atoms with Crippen molar-refractivity contribution in [2.45, 2.75) is 46.2 Å². The van der Waals surface area contributed by atoms with Crippen molar-refractivity contribution in [3.8, 4) is 5.75 Å². The van der Waals surface area contributed by atoms with Crippen LogP contribution >= 0.6 is 0 Å². The predicted octanol–water partition coefficient (Wildman–Crippen LogP) is 4.50. The molecule has 0 saturated carbocycles. The molecule has 0 amide bonds. The number of para-hydroxylation sites is 3. The summed E-state index contributed by atoms with van der Waals surface area (Å²) in [5.74, 6) is 0.918. The number of fused-ring (bicyclic) bond motifs is 1. The minimum absolute atomic E-state index is 0.560. The van der Waals surface area contributed by atoms with Gasteiger partial charge >= 0.3 is 0 Å². The summed E-state index contributed by atoms with van der Waals surface area (Å²) in [5.41, 5.74) is 3.95. The summed E-state index contributed by atoms with van der Waals surface area (Å²) in [7, 11) is 0. The quantitative estimate of drug-likeness (QED) is 0.604. The Kier molecular flexibility index (Phi) is 5.59. The number of rotatable bonds is 8. The molecule has 0 aliphatic carbocycles. The van der Waals surface area contributed by atoms with Gasteiger partial charge in [-0.05, 0) is 37.1 Å². The summed E-state index contributed by atoms with van der Waals surface area (Å²) in [4.78, 5) is 0. The fourth-order valence-electron chi connectivity index (χ4n) is 3.23. The SMILES string of the molecule is CCCCCn1c(=N)n(CCOc2ccccc2C)c2ccccc21. The molecule has 0 spiro atoms. The maximum absolute atomic E-state index is 8.61. The van der Waals surface area contributed by atoms with Gasteiger partial charge < -0.3 is 13.9 Å². The van der Waals surface area contributed by atoms with Crippen LogP contribution in [0, 0.1) is 12.3 Å². The highest BCUT2D eigenvalue weighted by molar-refractivity contribution is 5.75. The lowest BCUT2D eigenvalue weighted by Gasteiger charge is -2.10. The third-order valence-corrected chi connectivity index (χ3v) is 4.63. The van der Waals surface area contributed by atoms with E-state index in [0.29, 0.717) is 18.8 Å². The Morgan fingerprint density at radius 2 is 1.52 bits per heavy atom. The van der Waals surface area contributed by atoms with Crippen molar-refractivity contribution in [1.29, 1.82) is 5.41 Å². The number of hydrogen-bond acceptors (Lipinski definition) is 2. The minimum Gasteiger partial charge on any atom is -0.491 e. The maximum Gasteiger partial charge on any atom is 0.203 e. The van der Waals surface area contributed by atoms with E-state index in [1.54, 1.807) is 0 Å². The number of hydrogen-bond donors (Lipinski definition) is 1. The van der Waals surface area contributed by atoms with Crippen LogP contribution in [0.3, 0.4) is 0 Å². The molecule has 1 N–H and O–H groups in total. The number of ether oxygens (including phenoxy) is 1. The zero-order chi connectivity index (χ0) is 17.6. The molecule has 3 rings (SSSR count). The third-order valence-electron chi connectivity index (χ3n) is 4.63. The van der Waals surface area contributed by atoms with Gasteiger partial charge in [-0.15, -0.1) is 0 Å². The van der Waals surface area contributed by atoms with Crippen molar-refractivity contribution in [2.24, 2.45) is 0 Å². The minimum atomic E-state index is 0.560. The molecule has 25 heavy (non-hydrogen) atoms. The number of unbranched alkanes of at least 4 members (excludes halogenated alkanes) is 2.